The molecule has 1 N–H and O–H groups in total. The fraction of sp³-hybridized carbons (Fsp3) is 0.386. The molecule has 0 aliphatic carbocycles. The minimum atomic E-state index is -4.52. The summed E-state index contributed by atoms with van der Waals surface area (Å²) in [6.45, 7) is 12.3. The number of alkyl halides is 3. The lowest BCUT2D eigenvalue weighted by atomic mass is 9.88. The summed E-state index contributed by atoms with van der Waals surface area (Å²) in [7, 11) is 0. The molecule has 5 aromatic rings. The highest BCUT2D eigenvalue weighted by molar-refractivity contribution is 6.32. The first-order valence-corrected chi connectivity index (χ1v) is 19.1. The summed E-state index contributed by atoms with van der Waals surface area (Å²) >= 11 is 6.00. The molecule has 3 heterocycles. The van der Waals surface area contributed by atoms with Crippen molar-refractivity contribution in [2.45, 2.75) is 83.7 Å². The number of imidazole rings is 1. The monoisotopic (exact) mass is 752 g/mol. The summed E-state index contributed by atoms with van der Waals surface area (Å²) in [5.74, 6) is 1.51. The van der Waals surface area contributed by atoms with Crippen molar-refractivity contribution in [3.63, 3.8) is 0 Å². The van der Waals surface area contributed by atoms with Gasteiger partial charge in [0.15, 0.2) is 0 Å². The van der Waals surface area contributed by atoms with Gasteiger partial charge in [0.25, 0.3) is 0 Å². The van der Waals surface area contributed by atoms with Gasteiger partial charge < -0.3 is 14.8 Å². The normalized spacial score (nSPS) is 14.9. The Kier molecular flexibility index (Phi) is 13.7. The van der Waals surface area contributed by atoms with Gasteiger partial charge in [0, 0.05) is 37.6 Å². The number of aromatic amines is 1. The molecule has 2 fully saturated rings. The highest BCUT2D eigenvalue weighted by Crippen LogP contribution is 2.37. The maximum absolute atomic E-state index is 13.2. The minimum absolute atomic E-state index is 0.327. The van der Waals surface area contributed by atoms with Crippen LogP contribution in [0.4, 0.5) is 24.5 Å². The second-order valence-electron chi connectivity index (χ2n) is 14.6. The molecule has 0 unspecified atom stereocenters. The van der Waals surface area contributed by atoms with Crippen molar-refractivity contribution < 1.29 is 13.2 Å². The number of nitrogens with one attached hydrogen (secondary N) is 1. The molecular weight excluding hydrogens is 705 g/mol. The number of H-pyrrole nitrogens is 1. The molecule has 4 aromatic carbocycles. The van der Waals surface area contributed by atoms with Crippen molar-refractivity contribution in [3.8, 4) is 12.1 Å². The molecule has 0 atom stereocenters. The zero-order chi connectivity index (χ0) is 38.8. The lowest BCUT2D eigenvalue weighted by Crippen LogP contribution is -2.33. The minimum Gasteiger partial charge on any atom is -0.371 e. The van der Waals surface area contributed by atoms with Crippen LogP contribution in [0.25, 0.3) is 11.0 Å². The van der Waals surface area contributed by atoms with Gasteiger partial charge in [-0.15, -0.1) is 0 Å². The second-order valence-corrected chi connectivity index (χ2v) is 15.0. The number of fused-ring (bicyclic) bond motifs is 1. The average molecular weight is 753 g/mol. The molecule has 10 heteroatoms. The van der Waals surface area contributed by atoms with E-state index in [2.05, 4.69) is 91.1 Å². The average Bonchev–Trinajstić information content (AvgIpc) is 3.67. The maximum atomic E-state index is 13.2. The third-order valence-electron chi connectivity index (χ3n) is 10.3. The quantitative estimate of drug-likeness (QED) is 0.193. The van der Waals surface area contributed by atoms with E-state index in [4.69, 9.17) is 22.1 Å². The molecule has 0 saturated carbocycles. The summed E-state index contributed by atoms with van der Waals surface area (Å²) in [4.78, 5) is 11.6. The van der Waals surface area contributed by atoms with Crippen LogP contribution < -0.4 is 9.80 Å². The van der Waals surface area contributed by atoms with E-state index < -0.39 is 11.7 Å². The predicted molar refractivity (Wildman–Crippen MR) is 213 cm³/mol. The molecule has 2 aliphatic heterocycles. The van der Waals surface area contributed by atoms with Crippen LogP contribution in [-0.4, -0.2) is 36.1 Å². The van der Waals surface area contributed by atoms with Crippen molar-refractivity contribution in [2.75, 3.05) is 36.0 Å². The molecule has 2 aliphatic rings. The maximum Gasteiger partial charge on any atom is 0.417 e. The van der Waals surface area contributed by atoms with E-state index in [0.29, 0.717) is 47.1 Å². The van der Waals surface area contributed by atoms with Crippen LogP contribution in [0, 0.1) is 22.7 Å². The van der Waals surface area contributed by atoms with E-state index >= 15 is 0 Å². The Bertz CT molecular complexity index is 2060. The number of hydrogen-bond donors (Lipinski definition) is 1. The Hall–Kier alpha value is -4.99. The number of hydrogen-bond acceptors (Lipinski definition) is 5. The van der Waals surface area contributed by atoms with Crippen LogP contribution in [0.5, 0.6) is 0 Å². The van der Waals surface area contributed by atoms with Crippen LogP contribution >= 0.6 is 11.6 Å². The van der Waals surface area contributed by atoms with Crippen LogP contribution in [0.1, 0.15) is 111 Å². The lowest BCUT2D eigenvalue weighted by Gasteiger charge is -2.34. The fourth-order valence-electron chi connectivity index (χ4n) is 6.94. The van der Waals surface area contributed by atoms with Crippen LogP contribution in [0.15, 0.2) is 85.2 Å². The highest BCUT2D eigenvalue weighted by atomic mass is 35.5. The van der Waals surface area contributed by atoms with Crippen molar-refractivity contribution in [1.82, 2.24) is 9.97 Å². The number of nitriles is 2. The van der Waals surface area contributed by atoms with E-state index in [1.807, 2.05) is 17.0 Å². The van der Waals surface area contributed by atoms with Gasteiger partial charge in [0.05, 0.1) is 45.1 Å². The van der Waals surface area contributed by atoms with Gasteiger partial charge in [-0.05, 0) is 115 Å². The van der Waals surface area contributed by atoms with E-state index in [1.54, 1.807) is 24.5 Å². The van der Waals surface area contributed by atoms with Crippen LogP contribution in [-0.2, 0) is 6.18 Å². The number of aromatic nitrogens is 2. The zero-order valence-corrected chi connectivity index (χ0v) is 32.2. The summed E-state index contributed by atoms with van der Waals surface area (Å²) < 4.78 is 39.6. The van der Waals surface area contributed by atoms with Crippen molar-refractivity contribution >= 4 is 34.0 Å². The molecular formula is C44H48ClF3N6. The van der Waals surface area contributed by atoms with Gasteiger partial charge in [0.2, 0.25) is 0 Å². The summed E-state index contributed by atoms with van der Waals surface area (Å²) in [6.07, 6.45) is 2.84. The molecule has 54 heavy (non-hydrogen) atoms. The molecule has 1 aromatic heterocycles. The van der Waals surface area contributed by atoms with E-state index in [1.165, 1.54) is 42.0 Å². The molecule has 282 valence electrons. The van der Waals surface area contributed by atoms with Crippen molar-refractivity contribution in [1.29, 1.82) is 10.5 Å². The van der Waals surface area contributed by atoms with E-state index in [0.717, 1.165) is 48.7 Å². The number of benzene rings is 4. The third kappa shape index (κ3) is 10.4. The highest BCUT2D eigenvalue weighted by Gasteiger charge is 2.34. The number of nitrogens with zero attached hydrogens (tertiary/aromatic N) is 5. The van der Waals surface area contributed by atoms with Crippen molar-refractivity contribution in [3.05, 3.63) is 124 Å². The first kappa shape index (κ1) is 40.2. The zero-order valence-electron chi connectivity index (χ0n) is 31.4. The molecule has 0 bridgehead atoms. The van der Waals surface area contributed by atoms with Gasteiger partial charge in [0.1, 0.15) is 6.07 Å². The SMILES string of the molecule is CC(C)c1ccc(C2CCN(c3ccc(C#N)c(C(F)(F)F)c3)CC2)cc1.CC(C)c1ccc2nc[nH]c2c1.N#Cc1ccc(N2CCCCC2)cc1Cl. The standard InChI is InChI=1S/C22H23F3N2.C12H13ClN2.C10H12N2/c1-15(2)16-3-5-17(6-4-16)18-9-11-27(12-10-18)20-8-7-19(14-26)21(13-20)22(23,24)25;13-12-8-11(5-4-10(12)9-14)15-6-2-1-3-7-15;1-7(2)8-3-4-9-10(5-8)12-6-11-9/h3-8,13,15,18H,9-12H2,1-2H3;4-5,8H,1-3,6-7H2;3-7H,1-2H3,(H,11,12). The Balaban J connectivity index is 0.000000173. The molecule has 6 nitrogen and oxygen atoms in total. The van der Waals surface area contributed by atoms with E-state index in [9.17, 15) is 13.2 Å². The number of piperidine rings is 2. The van der Waals surface area contributed by atoms with Crippen molar-refractivity contribution in [2.24, 2.45) is 0 Å². The van der Waals surface area contributed by atoms with Crippen LogP contribution in [0.3, 0.4) is 0 Å². The van der Waals surface area contributed by atoms with Gasteiger partial charge >= 0.3 is 6.18 Å². The third-order valence-corrected chi connectivity index (χ3v) is 10.6. The number of rotatable bonds is 5. The molecule has 7 rings (SSSR count). The Morgan fingerprint density at radius 3 is 1.87 bits per heavy atom. The second kappa shape index (κ2) is 18.4. The smallest absolute Gasteiger partial charge is 0.371 e. The van der Waals surface area contributed by atoms with Gasteiger partial charge in [-0.3, -0.25) is 0 Å². The Morgan fingerprint density at radius 1 is 0.722 bits per heavy atom. The van der Waals surface area contributed by atoms with E-state index in [-0.39, 0.29) is 5.56 Å². The predicted octanol–water partition coefficient (Wildman–Crippen LogP) is 12.0. The fourth-order valence-corrected chi connectivity index (χ4v) is 7.16. The summed E-state index contributed by atoms with van der Waals surface area (Å²) in [5.41, 5.74) is 7.18. The first-order valence-electron chi connectivity index (χ1n) is 18.7. The van der Waals surface area contributed by atoms with Crippen LogP contribution in [0.2, 0.25) is 5.02 Å². The largest absolute Gasteiger partial charge is 0.417 e. The van der Waals surface area contributed by atoms with Gasteiger partial charge in [-0.2, -0.15) is 23.7 Å². The number of halogens is 4. The molecule has 2 saturated heterocycles. The Labute approximate surface area is 322 Å². The van der Waals surface area contributed by atoms with Gasteiger partial charge in [-0.25, -0.2) is 4.98 Å². The molecule has 0 amide bonds. The summed E-state index contributed by atoms with van der Waals surface area (Å²) in [6, 6.07) is 28.4. The lowest BCUT2D eigenvalue weighted by molar-refractivity contribution is -0.137. The first-order chi connectivity index (χ1) is 25.9. The Morgan fingerprint density at radius 2 is 1.30 bits per heavy atom. The molecule has 0 radical (unpaired) electrons. The number of anilines is 2. The molecule has 0 spiro atoms. The van der Waals surface area contributed by atoms with Gasteiger partial charge in [-0.1, -0.05) is 69.6 Å². The topological polar surface area (TPSA) is 82.7 Å². The summed E-state index contributed by atoms with van der Waals surface area (Å²) in [5, 5.41) is 18.3.